The van der Waals surface area contributed by atoms with Gasteiger partial charge in [0.1, 0.15) is 5.82 Å². The van der Waals surface area contributed by atoms with E-state index in [4.69, 9.17) is 11.6 Å². The second kappa shape index (κ2) is 7.53. The molecular formula is C18H19ClN4O2. The van der Waals surface area contributed by atoms with E-state index in [0.29, 0.717) is 42.6 Å². The van der Waals surface area contributed by atoms with Gasteiger partial charge in [-0.15, -0.1) is 0 Å². The predicted octanol–water partition coefficient (Wildman–Crippen LogP) is 2.78. The van der Waals surface area contributed by atoms with Gasteiger partial charge in [0.15, 0.2) is 0 Å². The number of halogens is 1. The van der Waals surface area contributed by atoms with E-state index >= 15 is 0 Å². The molecule has 0 spiro atoms. The lowest BCUT2D eigenvalue weighted by Crippen LogP contribution is -2.50. The van der Waals surface area contributed by atoms with Gasteiger partial charge in [0.2, 0.25) is 5.91 Å². The summed E-state index contributed by atoms with van der Waals surface area (Å²) in [5.74, 6) is 0.592. The zero-order chi connectivity index (χ0) is 17.8. The number of carbonyl (C=O) groups excluding carboxylic acids is 2. The van der Waals surface area contributed by atoms with Crippen LogP contribution in [0.3, 0.4) is 0 Å². The van der Waals surface area contributed by atoms with Crippen LogP contribution in [0.25, 0.3) is 0 Å². The van der Waals surface area contributed by atoms with Gasteiger partial charge in [0.25, 0.3) is 5.91 Å². The van der Waals surface area contributed by atoms with Crippen molar-refractivity contribution in [2.24, 2.45) is 0 Å². The fourth-order valence-corrected chi connectivity index (χ4v) is 2.88. The van der Waals surface area contributed by atoms with Crippen molar-refractivity contribution in [1.29, 1.82) is 0 Å². The highest BCUT2D eigenvalue weighted by molar-refractivity contribution is 6.33. The first-order valence-electron chi connectivity index (χ1n) is 8.07. The molecular weight excluding hydrogens is 340 g/mol. The van der Waals surface area contributed by atoms with E-state index in [1.807, 2.05) is 18.2 Å². The van der Waals surface area contributed by atoms with Gasteiger partial charge in [0, 0.05) is 39.3 Å². The fraction of sp³-hybridized carbons (Fsp3) is 0.278. The number of aromatic nitrogens is 1. The van der Waals surface area contributed by atoms with Crippen LogP contribution in [0.5, 0.6) is 0 Å². The maximum absolute atomic E-state index is 12.5. The van der Waals surface area contributed by atoms with E-state index in [1.165, 1.54) is 0 Å². The number of nitrogens with one attached hydrogen (secondary N) is 1. The zero-order valence-electron chi connectivity index (χ0n) is 13.9. The zero-order valence-corrected chi connectivity index (χ0v) is 14.7. The first-order valence-corrected chi connectivity index (χ1v) is 8.45. The van der Waals surface area contributed by atoms with Crippen molar-refractivity contribution in [2.45, 2.75) is 6.92 Å². The Morgan fingerprint density at radius 2 is 1.72 bits per heavy atom. The van der Waals surface area contributed by atoms with E-state index < -0.39 is 0 Å². The van der Waals surface area contributed by atoms with Crippen LogP contribution in [0.15, 0.2) is 42.6 Å². The molecule has 0 aliphatic carbocycles. The minimum absolute atomic E-state index is 0.0452. The Hall–Kier alpha value is -2.60. The monoisotopic (exact) mass is 358 g/mol. The molecule has 1 aromatic carbocycles. The fourth-order valence-electron chi connectivity index (χ4n) is 2.70. The van der Waals surface area contributed by atoms with Gasteiger partial charge >= 0.3 is 0 Å². The van der Waals surface area contributed by atoms with Crippen molar-refractivity contribution in [2.75, 3.05) is 31.5 Å². The molecule has 25 heavy (non-hydrogen) atoms. The number of anilines is 2. The third-order valence-electron chi connectivity index (χ3n) is 4.16. The third-order valence-corrected chi connectivity index (χ3v) is 4.49. The largest absolute Gasteiger partial charge is 0.339 e. The third kappa shape index (κ3) is 4.09. The van der Waals surface area contributed by atoms with Crippen LogP contribution >= 0.6 is 11.6 Å². The van der Waals surface area contributed by atoms with E-state index in [9.17, 15) is 9.59 Å². The lowest BCUT2D eigenvalue weighted by atomic mass is 10.2. The molecule has 3 rings (SSSR count). The molecule has 0 unspecified atom stereocenters. The Kier molecular flexibility index (Phi) is 5.19. The number of nitrogens with zero attached hydrogens (tertiary/aromatic N) is 3. The SMILES string of the molecule is CC(=O)N1CCN(C(=O)c2ccc(Nc3ccccc3Cl)nc2)CC1. The van der Waals surface area contributed by atoms with Gasteiger partial charge < -0.3 is 15.1 Å². The molecule has 0 saturated carbocycles. The molecule has 1 aliphatic heterocycles. The van der Waals surface area contributed by atoms with Crippen LogP contribution < -0.4 is 5.32 Å². The standard InChI is InChI=1S/C18H19ClN4O2/c1-13(24)22-8-10-23(11-9-22)18(25)14-6-7-17(20-12-14)21-16-5-3-2-4-15(16)19/h2-7,12H,8-11H2,1H3,(H,20,21). The van der Waals surface area contributed by atoms with Gasteiger partial charge in [0.05, 0.1) is 16.3 Å². The molecule has 1 fully saturated rings. The van der Waals surface area contributed by atoms with Crippen LogP contribution in [-0.4, -0.2) is 52.8 Å². The van der Waals surface area contributed by atoms with Crippen molar-refractivity contribution in [3.05, 3.63) is 53.2 Å². The maximum atomic E-state index is 12.5. The highest BCUT2D eigenvalue weighted by atomic mass is 35.5. The van der Waals surface area contributed by atoms with Gasteiger partial charge in [-0.05, 0) is 24.3 Å². The quantitative estimate of drug-likeness (QED) is 0.916. The minimum Gasteiger partial charge on any atom is -0.339 e. The van der Waals surface area contributed by atoms with Crippen LogP contribution in [0, 0.1) is 0 Å². The summed E-state index contributed by atoms with van der Waals surface area (Å²) in [4.78, 5) is 31.7. The second-order valence-electron chi connectivity index (χ2n) is 5.84. The van der Waals surface area contributed by atoms with E-state index in [2.05, 4.69) is 10.3 Å². The van der Waals surface area contributed by atoms with Crippen molar-refractivity contribution in [1.82, 2.24) is 14.8 Å². The topological polar surface area (TPSA) is 65.5 Å². The summed E-state index contributed by atoms with van der Waals surface area (Å²) in [7, 11) is 0. The van der Waals surface area contributed by atoms with Gasteiger partial charge in [-0.2, -0.15) is 0 Å². The number of hydrogen-bond donors (Lipinski definition) is 1. The Morgan fingerprint density at radius 3 is 2.32 bits per heavy atom. The first kappa shape index (κ1) is 17.2. The summed E-state index contributed by atoms with van der Waals surface area (Å²) in [5.41, 5.74) is 1.29. The number of amides is 2. The van der Waals surface area contributed by atoms with E-state index in [0.717, 1.165) is 5.69 Å². The van der Waals surface area contributed by atoms with Gasteiger partial charge in [-0.3, -0.25) is 9.59 Å². The summed E-state index contributed by atoms with van der Waals surface area (Å²) in [6, 6.07) is 10.9. The predicted molar refractivity (Wildman–Crippen MR) is 97.1 cm³/mol. The molecule has 2 aromatic rings. The summed E-state index contributed by atoms with van der Waals surface area (Å²) in [5, 5.41) is 3.73. The smallest absolute Gasteiger partial charge is 0.255 e. The Morgan fingerprint density at radius 1 is 1.04 bits per heavy atom. The second-order valence-corrected chi connectivity index (χ2v) is 6.24. The number of piperazine rings is 1. The summed E-state index contributed by atoms with van der Waals surface area (Å²) in [6.45, 7) is 3.77. The van der Waals surface area contributed by atoms with E-state index in [1.54, 1.807) is 41.1 Å². The maximum Gasteiger partial charge on any atom is 0.255 e. The average molecular weight is 359 g/mol. The molecule has 0 radical (unpaired) electrons. The summed E-state index contributed by atoms with van der Waals surface area (Å²) in [6.07, 6.45) is 1.55. The van der Waals surface area contributed by atoms with Crippen molar-refractivity contribution in [3.63, 3.8) is 0 Å². The number of pyridine rings is 1. The highest BCUT2D eigenvalue weighted by Crippen LogP contribution is 2.24. The van der Waals surface area contributed by atoms with Crippen LogP contribution in [0.1, 0.15) is 17.3 Å². The number of carbonyl (C=O) groups is 2. The first-order chi connectivity index (χ1) is 12.0. The van der Waals surface area contributed by atoms with Crippen molar-refractivity contribution >= 4 is 34.9 Å². The number of benzene rings is 1. The van der Waals surface area contributed by atoms with Crippen LogP contribution in [-0.2, 0) is 4.79 Å². The summed E-state index contributed by atoms with van der Waals surface area (Å²) >= 11 is 6.11. The highest BCUT2D eigenvalue weighted by Gasteiger charge is 2.23. The molecule has 0 bridgehead atoms. The minimum atomic E-state index is -0.0694. The molecule has 1 N–H and O–H groups in total. The normalized spacial score (nSPS) is 14.3. The van der Waals surface area contributed by atoms with Crippen LogP contribution in [0.2, 0.25) is 5.02 Å². The van der Waals surface area contributed by atoms with Crippen LogP contribution in [0.4, 0.5) is 11.5 Å². The molecule has 0 atom stereocenters. The average Bonchev–Trinajstić information content (AvgIpc) is 2.64. The molecule has 2 amide bonds. The number of para-hydroxylation sites is 1. The molecule has 130 valence electrons. The Balaban J connectivity index is 1.63. The van der Waals surface area contributed by atoms with Crippen molar-refractivity contribution in [3.8, 4) is 0 Å². The lowest BCUT2D eigenvalue weighted by Gasteiger charge is -2.34. The molecule has 7 heteroatoms. The summed E-state index contributed by atoms with van der Waals surface area (Å²) < 4.78 is 0. The molecule has 1 aliphatic rings. The molecule has 1 saturated heterocycles. The molecule has 6 nitrogen and oxygen atoms in total. The Labute approximate surface area is 151 Å². The van der Waals surface area contributed by atoms with E-state index in [-0.39, 0.29) is 11.8 Å². The lowest BCUT2D eigenvalue weighted by molar-refractivity contribution is -0.130. The van der Waals surface area contributed by atoms with Gasteiger partial charge in [-0.25, -0.2) is 4.98 Å². The van der Waals surface area contributed by atoms with Crippen molar-refractivity contribution < 1.29 is 9.59 Å². The number of hydrogen-bond acceptors (Lipinski definition) is 4. The number of rotatable bonds is 3. The van der Waals surface area contributed by atoms with Gasteiger partial charge in [-0.1, -0.05) is 23.7 Å². The Bertz CT molecular complexity index is 771. The molecule has 1 aromatic heterocycles. The molecule has 2 heterocycles.